The van der Waals surface area contributed by atoms with Crippen molar-refractivity contribution in [2.75, 3.05) is 17.3 Å². The molecule has 5 nitrogen and oxygen atoms in total. The lowest BCUT2D eigenvalue weighted by Crippen LogP contribution is -2.20. The quantitative estimate of drug-likeness (QED) is 0.763. The van der Waals surface area contributed by atoms with Crippen LogP contribution in [0.5, 0.6) is 5.75 Å². The zero-order valence-corrected chi connectivity index (χ0v) is 14.7. The molecule has 0 bridgehead atoms. The van der Waals surface area contributed by atoms with Crippen molar-refractivity contribution in [3.05, 3.63) is 71.9 Å². The molecule has 1 aliphatic rings. The highest BCUT2D eigenvalue weighted by atomic mass is 16.5. The molecule has 2 aromatic carbocycles. The number of aryl methyl sites for hydroxylation is 1. The van der Waals surface area contributed by atoms with Crippen LogP contribution in [-0.2, 0) is 11.2 Å². The van der Waals surface area contributed by atoms with Gasteiger partial charge in [0.15, 0.2) is 0 Å². The van der Waals surface area contributed by atoms with Gasteiger partial charge in [0.05, 0.1) is 19.2 Å². The van der Waals surface area contributed by atoms with Crippen molar-refractivity contribution in [2.45, 2.75) is 13.3 Å². The second-order valence-electron chi connectivity index (χ2n) is 6.25. The summed E-state index contributed by atoms with van der Waals surface area (Å²) in [6.45, 7) is 2.01. The molecule has 0 radical (unpaired) electrons. The van der Waals surface area contributed by atoms with Crippen molar-refractivity contribution in [3.8, 4) is 5.75 Å². The first kappa shape index (κ1) is 16.1. The Morgan fingerprint density at radius 1 is 1.12 bits per heavy atom. The first-order valence-electron chi connectivity index (χ1n) is 8.44. The lowest BCUT2D eigenvalue weighted by Gasteiger charge is -2.18. The number of amides is 1. The van der Waals surface area contributed by atoms with Gasteiger partial charge in [0, 0.05) is 29.2 Å². The number of nitrogens with one attached hydrogen (secondary N) is 1. The third-order valence-electron chi connectivity index (χ3n) is 4.50. The fourth-order valence-corrected chi connectivity index (χ4v) is 3.16. The lowest BCUT2D eigenvalue weighted by molar-refractivity contribution is -0.116. The Morgan fingerprint density at radius 2 is 1.92 bits per heavy atom. The monoisotopic (exact) mass is 345 g/mol. The van der Waals surface area contributed by atoms with Crippen molar-refractivity contribution in [2.24, 2.45) is 0 Å². The molecule has 1 aliphatic heterocycles. The molecule has 1 amide bonds. The molecule has 0 saturated heterocycles. The lowest BCUT2D eigenvalue weighted by atomic mass is 10.2. The van der Waals surface area contributed by atoms with Crippen LogP contribution in [0.25, 0.3) is 0 Å². The van der Waals surface area contributed by atoms with Gasteiger partial charge in [-0.3, -0.25) is 9.69 Å². The van der Waals surface area contributed by atoms with Crippen molar-refractivity contribution >= 4 is 28.8 Å². The number of hydrogen-bond acceptors (Lipinski definition) is 4. The molecular formula is C21H19N3O2. The number of pyridine rings is 1. The van der Waals surface area contributed by atoms with E-state index in [-0.39, 0.29) is 5.91 Å². The van der Waals surface area contributed by atoms with Crippen molar-refractivity contribution < 1.29 is 9.53 Å². The van der Waals surface area contributed by atoms with E-state index in [9.17, 15) is 4.79 Å². The van der Waals surface area contributed by atoms with Crippen molar-refractivity contribution in [1.82, 2.24) is 4.98 Å². The van der Waals surface area contributed by atoms with E-state index in [0.29, 0.717) is 12.2 Å². The van der Waals surface area contributed by atoms with Crippen LogP contribution in [0.1, 0.15) is 11.1 Å². The summed E-state index contributed by atoms with van der Waals surface area (Å²) < 4.78 is 5.25. The van der Waals surface area contributed by atoms with Gasteiger partial charge in [0.1, 0.15) is 11.6 Å². The number of aromatic nitrogens is 1. The number of para-hydroxylation sites is 1. The molecule has 3 aromatic rings. The number of nitrogens with zero attached hydrogens (tertiary/aromatic N) is 2. The Kier molecular flexibility index (Phi) is 4.05. The Labute approximate surface area is 152 Å². The van der Waals surface area contributed by atoms with Gasteiger partial charge >= 0.3 is 0 Å². The molecule has 26 heavy (non-hydrogen) atoms. The highest BCUT2D eigenvalue weighted by molar-refractivity contribution is 6.07. The predicted octanol–water partition coefficient (Wildman–Crippen LogP) is 4.36. The summed E-state index contributed by atoms with van der Waals surface area (Å²) in [5.74, 6) is 1.58. The molecule has 4 rings (SSSR count). The van der Waals surface area contributed by atoms with Crippen LogP contribution < -0.4 is 15.0 Å². The fourth-order valence-electron chi connectivity index (χ4n) is 3.16. The predicted molar refractivity (Wildman–Crippen MR) is 103 cm³/mol. The summed E-state index contributed by atoms with van der Waals surface area (Å²) in [5.41, 5.74) is 4.70. The number of rotatable bonds is 4. The Balaban J connectivity index is 1.67. The second-order valence-corrected chi connectivity index (χ2v) is 6.25. The highest BCUT2D eigenvalue weighted by Crippen LogP contribution is 2.37. The van der Waals surface area contributed by atoms with Crippen LogP contribution in [-0.4, -0.2) is 18.0 Å². The van der Waals surface area contributed by atoms with Crippen LogP contribution in [0.15, 0.2) is 60.8 Å². The average Bonchev–Trinajstić information content (AvgIpc) is 2.99. The molecule has 0 aliphatic carbocycles. The smallest absolute Gasteiger partial charge is 0.236 e. The molecule has 0 spiro atoms. The number of anilines is 4. The Bertz CT molecular complexity index is 970. The van der Waals surface area contributed by atoms with E-state index in [4.69, 9.17) is 4.74 Å². The van der Waals surface area contributed by atoms with Crippen LogP contribution in [0, 0.1) is 6.92 Å². The van der Waals surface area contributed by atoms with E-state index >= 15 is 0 Å². The molecule has 0 saturated carbocycles. The first-order chi connectivity index (χ1) is 12.7. The van der Waals surface area contributed by atoms with Crippen LogP contribution >= 0.6 is 0 Å². The molecule has 5 heteroatoms. The first-order valence-corrected chi connectivity index (χ1v) is 8.44. The topological polar surface area (TPSA) is 54.5 Å². The molecule has 1 N–H and O–H groups in total. The van der Waals surface area contributed by atoms with Crippen molar-refractivity contribution in [3.63, 3.8) is 0 Å². The molecule has 0 atom stereocenters. The maximum absolute atomic E-state index is 12.5. The molecule has 1 aromatic heterocycles. The SMILES string of the molecule is COc1ccc(Nc2cc3c(cn2)CC(=O)N3c2ccccc2)c(C)c1. The number of carbonyl (C=O) groups is 1. The van der Waals surface area contributed by atoms with E-state index < -0.39 is 0 Å². The summed E-state index contributed by atoms with van der Waals surface area (Å²) in [6.07, 6.45) is 2.15. The van der Waals surface area contributed by atoms with Gasteiger partial charge < -0.3 is 10.1 Å². The van der Waals surface area contributed by atoms with Gasteiger partial charge in [-0.2, -0.15) is 0 Å². The number of hydrogen-bond donors (Lipinski definition) is 1. The molecule has 0 fully saturated rings. The minimum Gasteiger partial charge on any atom is -0.497 e. The normalized spacial score (nSPS) is 12.8. The largest absolute Gasteiger partial charge is 0.497 e. The van der Waals surface area contributed by atoms with E-state index in [0.717, 1.165) is 33.9 Å². The maximum atomic E-state index is 12.5. The fraction of sp³-hybridized carbons (Fsp3) is 0.143. The van der Waals surface area contributed by atoms with Gasteiger partial charge in [-0.25, -0.2) is 4.98 Å². The van der Waals surface area contributed by atoms with Gasteiger partial charge in [-0.15, -0.1) is 0 Å². The number of benzene rings is 2. The number of ether oxygens (including phenoxy) is 1. The highest BCUT2D eigenvalue weighted by Gasteiger charge is 2.29. The molecule has 2 heterocycles. The van der Waals surface area contributed by atoms with Gasteiger partial charge in [0.25, 0.3) is 0 Å². The molecule has 0 unspecified atom stereocenters. The van der Waals surface area contributed by atoms with Crippen LogP contribution in [0.4, 0.5) is 22.9 Å². The molecule has 130 valence electrons. The van der Waals surface area contributed by atoms with E-state index in [1.807, 2.05) is 61.5 Å². The number of carbonyl (C=O) groups excluding carboxylic acids is 1. The third kappa shape index (κ3) is 2.88. The minimum atomic E-state index is 0.0609. The summed E-state index contributed by atoms with van der Waals surface area (Å²) in [6, 6.07) is 17.4. The Morgan fingerprint density at radius 3 is 2.65 bits per heavy atom. The van der Waals surface area contributed by atoms with Crippen LogP contribution in [0.2, 0.25) is 0 Å². The van der Waals surface area contributed by atoms with Gasteiger partial charge in [-0.05, 0) is 42.8 Å². The van der Waals surface area contributed by atoms with Crippen molar-refractivity contribution in [1.29, 1.82) is 0 Å². The molecular weight excluding hydrogens is 326 g/mol. The summed E-state index contributed by atoms with van der Waals surface area (Å²) >= 11 is 0. The Hall–Kier alpha value is -3.34. The summed E-state index contributed by atoms with van der Waals surface area (Å²) in [7, 11) is 1.65. The summed E-state index contributed by atoms with van der Waals surface area (Å²) in [4.78, 5) is 18.7. The van der Waals surface area contributed by atoms with E-state index in [1.165, 1.54) is 0 Å². The van der Waals surface area contributed by atoms with Gasteiger partial charge in [0.2, 0.25) is 5.91 Å². The van der Waals surface area contributed by atoms with E-state index in [2.05, 4.69) is 10.3 Å². The minimum absolute atomic E-state index is 0.0609. The second kappa shape index (κ2) is 6.52. The zero-order valence-electron chi connectivity index (χ0n) is 14.7. The van der Waals surface area contributed by atoms with Gasteiger partial charge in [-0.1, -0.05) is 18.2 Å². The van der Waals surface area contributed by atoms with Crippen LogP contribution in [0.3, 0.4) is 0 Å². The van der Waals surface area contributed by atoms with E-state index in [1.54, 1.807) is 18.2 Å². The third-order valence-corrected chi connectivity index (χ3v) is 4.50. The summed E-state index contributed by atoms with van der Waals surface area (Å²) in [5, 5.41) is 3.34. The zero-order chi connectivity index (χ0) is 18.1. The number of methoxy groups -OCH3 is 1. The number of fused-ring (bicyclic) bond motifs is 1. The standard InChI is InChI=1S/C21H19N3O2/c1-14-10-17(26-2)8-9-18(14)23-20-12-19-15(13-22-20)11-21(25)24(19)16-6-4-3-5-7-16/h3-10,12-13H,11H2,1-2H3,(H,22,23). The average molecular weight is 345 g/mol. The maximum Gasteiger partial charge on any atom is 0.236 e.